The van der Waals surface area contributed by atoms with E-state index in [9.17, 15) is 19.8 Å². The molecule has 0 unspecified atom stereocenters. The molecule has 4 saturated carbocycles. The first-order valence-electron chi connectivity index (χ1n) is 13.8. The van der Waals surface area contributed by atoms with Crippen LogP contribution in [0.15, 0.2) is 0 Å². The first-order valence-corrected chi connectivity index (χ1v) is 13.8. The molecule has 3 N–H and O–H groups in total. The van der Waals surface area contributed by atoms with Crippen LogP contribution >= 0.6 is 0 Å². The average Bonchev–Trinajstić information content (AvgIpc) is 3.15. The smallest absolute Gasteiger partial charge is 0.307 e. The van der Waals surface area contributed by atoms with Gasteiger partial charge in [0.2, 0.25) is 5.91 Å². The van der Waals surface area contributed by atoms with Crippen LogP contribution in [0.3, 0.4) is 0 Å². The molecule has 0 aromatic heterocycles. The first kappa shape index (κ1) is 25.9. The van der Waals surface area contributed by atoms with Crippen molar-refractivity contribution < 1.29 is 24.5 Å². The molecule has 4 fully saturated rings. The Morgan fingerprint density at radius 1 is 1.00 bits per heavy atom. The van der Waals surface area contributed by atoms with E-state index in [4.69, 9.17) is 0 Å². The highest BCUT2D eigenvalue weighted by atomic mass is 16.5. The zero-order chi connectivity index (χ0) is 24.7. The van der Waals surface area contributed by atoms with E-state index in [0.29, 0.717) is 48.5 Å². The number of ether oxygens (including phenoxy) is 1. The standard InChI is InChI=1S/C28H47NO5/c1-17(5-8-24(32)29-14-11-25(33)34-4)20-6-7-21-26-22(10-13-28(20,21)3)27(2)12-9-19(30)15-18(27)16-23(26)31/h17-23,26,30-31H,5-16H2,1-4H3,(H,29,32)/t17-,18+,19-,20-,21+,22+,23+,26+,27+,28-/m1/s1. The predicted molar refractivity (Wildman–Crippen MR) is 131 cm³/mol. The first-order chi connectivity index (χ1) is 16.1. The summed E-state index contributed by atoms with van der Waals surface area (Å²) in [6.07, 6.45) is 9.67. The number of carbonyl (C=O) groups is 2. The Balaban J connectivity index is 1.37. The number of rotatable bonds is 7. The van der Waals surface area contributed by atoms with Gasteiger partial charge in [0.05, 0.1) is 25.7 Å². The number of aliphatic hydroxyl groups is 2. The van der Waals surface area contributed by atoms with E-state index in [1.807, 2.05) is 0 Å². The van der Waals surface area contributed by atoms with Gasteiger partial charge >= 0.3 is 5.97 Å². The number of esters is 1. The van der Waals surface area contributed by atoms with Crippen molar-refractivity contribution in [2.75, 3.05) is 13.7 Å². The topological polar surface area (TPSA) is 95.9 Å². The van der Waals surface area contributed by atoms with E-state index in [0.717, 1.165) is 32.1 Å². The molecule has 4 rings (SSSR count). The molecule has 0 heterocycles. The number of carbonyl (C=O) groups excluding carboxylic acids is 2. The number of amides is 1. The fourth-order valence-corrected chi connectivity index (χ4v) is 9.23. The third kappa shape index (κ3) is 4.66. The summed E-state index contributed by atoms with van der Waals surface area (Å²) >= 11 is 0. The van der Waals surface area contributed by atoms with E-state index in [2.05, 4.69) is 30.8 Å². The molecule has 4 aliphatic rings. The van der Waals surface area contributed by atoms with Crippen molar-refractivity contribution in [3.8, 4) is 0 Å². The maximum atomic E-state index is 12.3. The summed E-state index contributed by atoms with van der Waals surface area (Å²) in [5, 5.41) is 24.5. The van der Waals surface area contributed by atoms with Gasteiger partial charge in [-0.3, -0.25) is 9.59 Å². The summed E-state index contributed by atoms with van der Waals surface area (Å²) < 4.78 is 4.63. The van der Waals surface area contributed by atoms with Gasteiger partial charge in [-0.25, -0.2) is 0 Å². The molecule has 0 saturated heterocycles. The normalized spacial score (nSPS) is 44.4. The lowest BCUT2D eigenvalue weighted by molar-refractivity contribution is -0.174. The summed E-state index contributed by atoms with van der Waals surface area (Å²) in [5.41, 5.74) is 0.497. The van der Waals surface area contributed by atoms with E-state index in [-0.39, 0.29) is 41.3 Å². The average molecular weight is 478 g/mol. The van der Waals surface area contributed by atoms with Gasteiger partial charge in [-0.1, -0.05) is 20.8 Å². The highest BCUT2D eigenvalue weighted by molar-refractivity contribution is 5.77. The molecule has 194 valence electrons. The predicted octanol–water partition coefficient (Wildman–Crippen LogP) is 4.07. The largest absolute Gasteiger partial charge is 0.469 e. The lowest BCUT2D eigenvalue weighted by Crippen LogP contribution is -2.58. The fraction of sp³-hybridized carbons (Fsp3) is 0.929. The molecule has 10 atom stereocenters. The number of nitrogens with one attached hydrogen (secondary N) is 1. The van der Waals surface area contributed by atoms with Gasteiger partial charge in [0, 0.05) is 13.0 Å². The summed E-state index contributed by atoms with van der Waals surface area (Å²) in [6, 6.07) is 0. The Bertz CT molecular complexity index is 757. The van der Waals surface area contributed by atoms with Crippen LogP contribution < -0.4 is 5.32 Å². The van der Waals surface area contributed by atoms with Crippen LogP contribution in [-0.4, -0.2) is 48.0 Å². The van der Waals surface area contributed by atoms with Gasteiger partial charge in [0.15, 0.2) is 0 Å². The Hall–Kier alpha value is -1.14. The second-order valence-electron chi connectivity index (χ2n) is 12.6. The van der Waals surface area contributed by atoms with Crippen molar-refractivity contribution in [2.45, 2.75) is 104 Å². The fourth-order valence-electron chi connectivity index (χ4n) is 9.23. The van der Waals surface area contributed by atoms with Crippen molar-refractivity contribution in [1.29, 1.82) is 0 Å². The van der Waals surface area contributed by atoms with Crippen LogP contribution in [0.25, 0.3) is 0 Å². The van der Waals surface area contributed by atoms with E-state index in [1.54, 1.807) is 0 Å². The minimum Gasteiger partial charge on any atom is -0.469 e. The van der Waals surface area contributed by atoms with Gasteiger partial charge in [-0.15, -0.1) is 0 Å². The molecule has 6 heteroatoms. The summed E-state index contributed by atoms with van der Waals surface area (Å²) in [7, 11) is 1.36. The van der Waals surface area contributed by atoms with Crippen LogP contribution in [0.4, 0.5) is 0 Å². The third-order valence-electron chi connectivity index (χ3n) is 11.1. The lowest BCUT2D eigenvalue weighted by atomic mass is 9.43. The highest BCUT2D eigenvalue weighted by Gasteiger charge is 2.62. The number of methoxy groups -OCH3 is 1. The van der Waals surface area contributed by atoms with E-state index in [1.165, 1.54) is 32.8 Å². The zero-order valence-corrected chi connectivity index (χ0v) is 21.7. The van der Waals surface area contributed by atoms with Crippen LogP contribution in [0.2, 0.25) is 0 Å². The number of aliphatic hydroxyl groups excluding tert-OH is 2. The van der Waals surface area contributed by atoms with Gasteiger partial charge in [-0.2, -0.15) is 0 Å². The quantitative estimate of drug-likeness (QED) is 0.480. The molecule has 4 aliphatic carbocycles. The molecular weight excluding hydrogens is 430 g/mol. The SMILES string of the molecule is COC(=O)CCNC(=O)CC[C@@H](C)[C@H]1CC[C@H]2[C@@H]3[C@@H](O)C[C@@H]4C[C@H](O)CC[C@]4(C)[C@H]3CC[C@]12C. The molecule has 0 spiro atoms. The van der Waals surface area contributed by atoms with Crippen LogP contribution in [-0.2, 0) is 14.3 Å². The van der Waals surface area contributed by atoms with E-state index >= 15 is 0 Å². The van der Waals surface area contributed by atoms with Crippen LogP contribution in [0.5, 0.6) is 0 Å². The van der Waals surface area contributed by atoms with Crippen LogP contribution in [0, 0.1) is 46.3 Å². The maximum absolute atomic E-state index is 12.3. The summed E-state index contributed by atoms with van der Waals surface area (Å²) in [6.45, 7) is 7.58. The molecule has 0 bridgehead atoms. The maximum Gasteiger partial charge on any atom is 0.307 e. The highest BCUT2D eigenvalue weighted by Crippen LogP contribution is 2.68. The molecule has 0 radical (unpaired) electrons. The second-order valence-corrected chi connectivity index (χ2v) is 12.6. The monoisotopic (exact) mass is 477 g/mol. The molecule has 0 aromatic rings. The molecule has 1 amide bonds. The van der Waals surface area contributed by atoms with Gasteiger partial charge in [-0.05, 0) is 104 Å². The molecule has 0 aliphatic heterocycles. The van der Waals surface area contributed by atoms with Crippen LogP contribution in [0.1, 0.15) is 91.4 Å². The number of fused-ring (bicyclic) bond motifs is 5. The zero-order valence-electron chi connectivity index (χ0n) is 21.7. The minimum atomic E-state index is -0.302. The van der Waals surface area contributed by atoms with Crippen molar-refractivity contribution in [3.05, 3.63) is 0 Å². The van der Waals surface area contributed by atoms with Crippen molar-refractivity contribution in [3.63, 3.8) is 0 Å². The summed E-state index contributed by atoms with van der Waals surface area (Å²) in [5.74, 6) is 2.73. The van der Waals surface area contributed by atoms with Crippen molar-refractivity contribution in [1.82, 2.24) is 5.32 Å². The van der Waals surface area contributed by atoms with Gasteiger partial charge in [0.25, 0.3) is 0 Å². The lowest BCUT2D eigenvalue weighted by Gasteiger charge is -2.62. The van der Waals surface area contributed by atoms with Gasteiger partial charge < -0.3 is 20.3 Å². The molecular formula is C28H47NO5. The second kappa shape index (κ2) is 10.1. The molecule has 34 heavy (non-hydrogen) atoms. The number of hydrogen-bond acceptors (Lipinski definition) is 5. The minimum absolute atomic E-state index is 0.0142. The van der Waals surface area contributed by atoms with E-state index < -0.39 is 0 Å². The Labute approximate surface area is 205 Å². The number of hydrogen-bond donors (Lipinski definition) is 3. The third-order valence-corrected chi connectivity index (χ3v) is 11.1. The Kier molecular flexibility index (Phi) is 7.69. The molecule has 0 aromatic carbocycles. The Morgan fingerprint density at radius 2 is 1.71 bits per heavy atom. The Morgan fingerprint density at radius 3 is 2.44 bits per heavy atom. The van der Waals surface area contributed by atoms with Crippen molar-refractivity contribution in [2.24, 2.45) is 46.3 Å². The van der Waals surface area contributed by atoms with Gasteiger partial charge in [0.1, 0.15) is 0 Å². The molecule has 6 nitrogen and oxygen atoms in total. The van der Waals surface area contributed by atoms with Crippen molar-refractivity contribution >= 4 is 11.9 Å². The summed E-state index contributed by atoms with van der Waals surface area (Å²) in [4.78, 5) is 23.5.